The van der Waals surface area contributed by atoms with Crippen molar-refractivity contribution in [2.75, 3.05) is 18.5 Å². The van der Waals surface area contributed by atoms with Gasteiger partial charge in [-0.2, -0.15) is 5.10 Å². The monoisotopic (exact) mass is 412 g/mol. The van der Waals surface area contributed by atoms with Crippen LogP contribution < -0.4 is 10.1 Å². The maximum atomic E-state index is 12.0. The van der Waals surface area contributed by atoms with Crippen LogP contribution in [0.25, 0.3) is 5.57 Å². The maximum absolute atomic E-state index is 12.0. The van der Waals surface area contributed by atoms with E-state index in [9.17, 15) is 4.79 Å². The lowest BCUT2D eigenvalue weighted by Crippen LogP contribution is -2.27. The summed E-state index contributed by atoms with van der Waals surface area (Å²) in [5.74, 6) is 1.63. The zero-order valence-electron chi connectivity index (χ0n) is 17.7. The van der Waals surface area contributed by atoms with Crippen molar-refractivity contribution in [2.24, 2.45) is 0 Å². The number of carbonyl (C=O) groups is 1. The second-order valence-corrected chi connectivity index (χ2v) is 8.54. The smallest absolute Gasteiger partial charge is 0.413 e. The van der Waals surface area contributed by atoms with Gasteiger partial charge in [-0.05, 0) is 58.1 Å². The molecular formula is C22H28N4O4. The molecule has 2 aromatic rings. The molecule has 30 heavy (non-hydrogen) atoms. The Bertz CT molecular complexity index is 941. The van der Waals surface area contributed by atoms with Crippen molar-refractivity contribution in [3.8, 4) is 11.5 Å². The fraction of sp³-hybridized carbons (Fsp3) is 0.500. The Balaban J connectivity index is 1.54. The van der Waals surface area contributed by atoms with Gasteiger partial charge in [0.25, 0.3) is 0 Å². The molecule has 0 unspecified atom stereocenters. The highest BCUT2D eigenvalue weighted by molar-refractivity contribution is 5.83. The molecule has 4 rings (SSSR count). The Morgan fingerprint density at radius 3 is 2.90 bits per heavy atom. The minimum absolute atomic E-state index is 0.361. The predicted molar refractivity (Wildman–Crippen MR) is 113 cm³/mol. The summed E-state index contributed by atoms with van der Waals surface area (Å²) in [4.78, 5) is 16.2. The normalized spacial score (nSPS) is 17.1. The van der Waals surface area contributed by atoms with Gasteiger partial charge in [-0.3, -0.25) is 10.00 Å². The zero-order valence-corrected chi connectivity index (χ0v) is 17.7. The number of pyridine rings is 1. The zero-order chi connectivity index (χ0) is 21.1. The fourth-order valence-corrected chi connectivity index (χ4v) is 3.19. The number of ether oxygens (including phenoxy) is 3. The lowest BCUT2D eigenvalue weighted by Gasteiger charge is -2.19. The van der Waals surface area contributed by atoms with Gasteiger partial charge in [0.15, 0.2) is 5.75 Å². The molecule has 8 heteroatoms. The molecule has 3 heterocycles. The molecule has 1 amide bonds. The maximum Gasteiger partial charge on any atom is 0.413 e. The molecule has 8 nitrogen and oxygen atoms in total. The summed E-state index contributed by atoms with van der Waals surface area (Å²) in [7, 11) is 0. The van der Waals surface area contributed by atoms with Gasteiger partial charge in [-0.1, -0.05) is 6.08 Å². The number of nitrogens with zero attached hydrogens (tertiary/aromatic N) is 3. The number of anilines is 1. The van der Waals surface area contributed by atoms with Crippen molar-refractivity contribution in [1.29, 1.82) is 0 Å². The molecule has 160 valence electrons. The molecule has 0 radical (unpaired) electrons. The van der Waals surface area contributed by atoms with Crippen LogP contribution in [0.2, 0.25) is 0 Å². The molecule has 2 aromatic heterocycles. The van der Waals surface area contributed by atoms with Gasteiger partial charge < -0.3 is 14.2 Å². The van der Waals surface area contributed by atoms with E-state index < -0.39 is 11.7 Å². The quantitative estimate of drug-likeness (QED) is 0.748. The number of rotatable bonds is 5. The Labute approximate surface area is 176 Å². The highest BCUT2D eigenvalue weighted by Gasteiger charge is 2.27. The molecule has 2 aliphatic rings. The molecule has 1 aliphatic carbocycles. The second-order valence-electron chi connectivity index (χ2n) is 8.54. The van der Waals surface area contributed by atoms with Crippen LogP contribution in [0.4, 0.5) is 10.6 Å². The molecule has 1 aliphatic heterocycles. The first kappa shape index (κ1) is 20.4. The Morgan fingerprint density at radius 1 is 1.30 bits per heavy atom. The molecule has 0 bridgehead atoms. The van der Waals surface area contributed by atoms with Gasteiger partial charge in [0.2, 0.25) is 0 Å². The number of hydrogen-bond donors (Lipinski definition) is 1. The molecule has 0 spiro atoms. The highest BCUT2D eigenvalue weighted by atomic mass is 16.6. The van der Waals surface area contributed by atoms with E-state index in [0.717, 1.165) is 43.6 Å². The van der Waals surface area contributed by atoms with Gasteiger partial charge in [0.05, 0.1) is 25.5 Å². The first-order chi connectivity index (χ1) is 14.4. The van der Waals surface area contributed by atoms with Crippen LogP contribution in [0.1, 0.15) is 58.2 Å². The lowest BCUT2D eigenvalue weighted by atomic mass is 10.1. The molecular weight excluding hydrogens is 384 g/mol. The number of nitrogens with one attached hydrogen (secondary N) is 1. The van der Waals surface area contributed by atoms with Crippen molar-refractivity contribution in [3.05, 3.63) is 36.3 Å². The molecule has 1 fully saturated rings. The molecule has 0 atom stereocenters. The van der Waals surface area contributed by atoms with E-state index in [0.29, 0.717) is 30.0 Å². The van der Waals surface area contributed by atoms with E-state index in [1.165, 1.54) is 0 Å². The second kappa shape index (κ2) is 8.47. The average molecular weight is 412 g/mol. The van der Waals surface area contributed by atoms with Crippen molar-refractivity contribution >= 4 is 17.5 Å². The average Bonchev–Trinajstić information content (AvgIpc) is 3.47. The third-order valence-electron chi connectivity index (χ3n) is 4.68. The molecule has 1 saturated carbocycles. The topological polar surface area (TPSA) is 87.5 Å². The minimum Gasteiger partial charge on any atom is -0.453 e. The van der Waals surface area contributed by atoms with E-state index in [4.69, 9.17) is 19.3 Å². The minimum atomic E-state index is -0.583. The van der Waals surface area contributed by atoms with E-state index in [2.05, 4.69) is 16.4 Å². The van der Waals surface area contributed by atoms with Gasteiger partial charge in [-0.15, -0.1) is 0 Å². The summed E-state index contributed by atoms with van der Waals surface area (Å²) in [5, 5.41) is 7.45. The van der Waals surface area contributed by atoms with Crippen LogP contribution in [0, 0.1) is 0 Å². The number of hydrogen-bond acceptors (Lipinski definition) is 6. The third-order valence-corrected chi connectivity index (χ3v) is 4.68. The number of carbonyl (C=O) groups excluding carboxylic acids is 1. The number of aromatic nitrogens is 3. The Morgan fingerprint density at radius 2 is 2.13 bits per heavy atom. The fourth-order valence-electron chi connectivity index (χ4n) is 3.19. The standard InChI is InChI=1S/C22H28N4O4/c1-22(2,3)30-21(27)24-19-13-17(8-10-23-19)29-18-14-26(16-6-7-16)25-20(18)15-5-4-11-28-12-9-15/h5,8,10,13-14,16H,4,6-7,9,11-12H2,1-3H3,(H,23,24,27). The van der Waals surface area contributed by atoms with Gasteiger partial charge in [0.1, 0.15) is 22.9 Å². The highest BCUT2D eigenvalue weighted by Crippen LogP contribution is 2.39. The summed E-state index contributed by atoms with van der Waals surface area (Å²) < 4.78 is 19.0. The van der Waals surface area contributed by atoms with Crippen LogP contribution >= 0.6 is 0 Å². The van der Waals surface area contributed by atoms with Crippen LogP contribution in [0.3, 0.4) is 0 Å². The SMILES string of the molecule is CC(C)(C)OC(=O)Nc1cc(Oc2cn(C3CC3)nc2C2=CCCOCC2)ccn1. The molecule has 0 saturated heterocycles. The summed E-state index contributed by atoms with van der Waals surface area (Å²) in [6.07, 6.45) is 9.13. The third kappa shape index (κ3) is 5.38. The lowest BCUT2D eigenvalue weighted by molar-refractivity contribution is 0.0635. The van der Waals surface area contributed by atoms with E-state index in [1.54, 1.807) is 18.3 Å². The van der Waals surface area contributed by atoms with Crippen LogP contribution in [-0.4, -0.2) is 39.7 Å². The number of amides is 1. The van der Waals surface area contributed by atoms with Crippen molar-refractivity contribution in [3.63, 3.8) is 0 Å². The predicted octanol–water partition coefficient (Wildman–Crippen LogP) is 4.95. The van der Waals surface area contributed by atoms with Crippen molar-refractivity contribution < 1.29 is 19.0 Å². The first-order valence-electron chi connectivity index (χ1n) is 10.4. The Kier molecular flexibility index (Phi) is 5.76. The van der Waals surface area contributed by atoms with E-state index in [1.807, 2.05) is 31.6 Å². The largest absolute Gasteiger partial charge is 0.453 e. The summed E-state index contributed by atoms with van der Waals surface area (Å²) in [6, 6.07) is 3.88. The van der Waals surface area contributed by atoms with Crippen LogP contribution in [0.5, 0.6) is 11.5 Å². The molecule has 0 aromatic carbocycles. The van der Waals surface area contributed by atoms with Gasteiger partial charge in [0, 0.05) is 12.3 Å². The van der Waals surface area contributed by atoms with Crippen LogP contribution in [-0.2, 0) is 9.47 Å². The summed E-state index contributed by atoms with van der Waals surface area (Å²) >= 11 is 0. The van der Waals surface area contributed by atoms with Gasteiger partial charge >= 0.3 is 6.09 Å². The van der Waals surface area contributed by atoms with E-state index >= 15 is 0 Å². The summed E-state index contributed by atoms with van der Waals surface area (Å²) in [6.45, 7) is 6.84. The first-order valence-corrected chi connectivity index (χ1v) is 10.4. The Hall–Kier alpha value is -2.87. The van der Waals surface area contributed by atoms with E-state index in [-0.39, 0.29) is 0 Å². The van der Waals surface area contributed by atoms with Crippen molar-refractivity contribution in [1.82, 2.24) is 14.8 Å². The van der Waals surface area contributed by atoms with Gasteiger partial charge in [-0.25, -0.2) is 9.78 Å². The van der Waals surface area contributed by atoms with Crippen LogP contribution in [0.15, 0.2) is 30.6 Å². The van der Waals surface area contributed by atoms with Crippen molar-refractivity contribution in [2.45, 2.75) is 58.1 Å². The molecule has 1 N–H and O–H groups in total. The summed E-state index contributed by atoms with van der Waals surface area (Å²) in [5.41, 5.74) is 1.41.